The van der Waals surface area contributed by atoms with Gasteiger partial charge in [-0.3, -0.25) is 0 Å². The number of thioether (sulfide) groups is 12. The average molecular weight is 1980 g/mol. The van der Waals surface area contributed by atoms with Gasteiger partial charge in [0.1, 0.15) is 0 Å². The summed E-state index contributed by atoms with van der Waals surface area (Å²) in [5.74, 6) is 25.1. The van der Waals surface area contributed by atoms with Crippen molar-refractivity contribution in [2.45, 2.75) is 102 Å². The zero-order chi connectivity index (χ0) is 51.3. The van der Waals surface area contributed by atoms with Crippen molar-refractivity contribution in [2.24, 2.45) is 0 Å². The van der Waals surface area contributed by atoms with Crippen molar-refractivity contribution >= 4 is 141 Å². The Labute approximate surface area is 733 Å². The smallest absolute Gasteiger partial charge is 1.00 e. The van der Waals surface area contributed by atoms with Crippen LogP contribution in [0.3, 0.4) is 0 Å². The van der Waals surface area contributed by atoms with Gasteiger partial charge in [0.15, 0.2) is 0 Å². The predicted octanol–water partition coefficient (Wildman–Crippen LogP) is -23.6. The minimum absolute atomic E-state index is 0. The third kappa shape index (κ3) is 159. The standard InChI is InChI=1S/4C9H18NS2.2C8H19NS2.12ClH.6Co/c4*1-2-11-7-5-10-6-8-12-9-3-4-9;2*1-3-10-7-5-9-6-8-11-4-2;;;;;;;;;;;;;;;;;;/h4*3,9-10H,2,4-8H2,1H3;2*9H,3-8H2,1-2H3;12*1H;;;;;;/q4*-1;;;;;;;;;;;;;;;2*+2;4*+3/p-12/t4*9-;;;;;;;;;;;;;;;;;;;;/m1100..................../s1. The predicted molar refractivity (Wildman–Crippen MR) is 362 cm³/mol. The molecule has 0 bridgehead atoms. The van der Waals surface area contributed by atoms with Crippen LogP contribution in [0.25, 0.3) is 0 Å². The first kappa shape index (κ1) is 152. The summed E-state index contributed by atoms with van der Waals surface area (Å²) in [6.07, 6.45) is 14.9. The van der Waals surface area contributed by atoms with Gasteiger partial charge in [0, 0.05) is 148 Å². The van der Waals surface area contributed by atoms with Crippen LogP contribution in [0.5, 0.6) is 0 Å². The van der Waals surface area contributed by atoms with Crippen LogP contribution in [-0.2, 0) is 101 Å². The fraction of sp³-hybridized carbons (Fsp3) is 0.923. The summed E-state index contributed by atoms with van der Waals surface area (Å²) in [5, 5.41) is 24.2. The molecule has 36 heteroatoms. The molecule has 2 radical (unpaired) electrons. The van der Waals surface area contributed by atoms with Gasteiger partial charge in [-0.15, -0.1) is 21.0 Å². The Morgan fingerprint density at radius 1 is 0.227 bits per heavy atom. The van der Waals surface area contributed by atoms with Crippen LogP contribution >= 0.6 is 141 Å². The molecule has 0 aromatic heterocycles. The van der Waals surface area contributed by atoms with Gasteiger partial charge in [-0.2, -0.15) is 167 Å². The van der Waals surface area contributed by atoms with Gasteiger partial charge in [-0.05, 0) is 46.0 Å². The van der Waals surface area contributed by atoms with Crippen molar-refractivity contribution < 1.29 is 250 Å². The summed E-state index contributed by atoms with van der Waals surface area (Å²) in [6, 6.07) is 0. The Morgan fingerprint density at radius 3 is 0.420 bits per heavy atom. The SMILES string of the molecule is CCSCCNCCSCC.CCSCCNCCSCC.CCSCCNCCS[C@@H]1[CH-]C1.CCSCCNCCS[C@@H]1[CH-]C1.CCSCCNCCS[C@H]1[CH-]C1.CCSCCNCCS[C@H]1[CH-]C1.[Cl-].[Cl-].[Cl-].[Cl-].[Cl-].[Cl-].[Cl-].[Cl-].[Cl-].[Cl-].[Cl-].[Cl-].[Co+2].[Co+2].[Co+3].[Co+3].[Co+3].[Co+3]. The molecule has 0 unspecified atom stereocenters. The summed E-state index contributed by atoms with van der Waals surface area (Å²) in [7, 11) is 0. The van der Waals surface area contributed by atoms with Crippen LogP contribution in [0.1, 0.15) is 81.1 Å². The maximum absolute atomic E-state index is 3.45. The maximum atomic E-state index is 3.45. The molecule has 4 aliphatic rings. The van der Waals surface area contributed by atoms with Gasteiger partial charge in [0.2, 0.25) is 0 Å². The number of hydrogen-bond donors (Lipinski definition) is 6. The fourth-order valence-corrected chi connectivity index (χ4v) is 13.4. The molecule has 558 valence electrons. The van der Waals surface area contributed by atoms with Gasteiger partial charge >= 0.3 is 101 Å². The number of nitrogens with one attached hydrogen (secondary N) is 6. The quantitative estimate of drug-likeness (QED) is 0.0258. The molecule has 0 amide bonds. The van der Waals surface area contributed by atoms with E-state index in [-0.39, 0.29) is 250 Å². The molecule has 4 aliphatic carbocycles. The zero-order valence-electron chi connectivity index (χ0n) is 52.5. The van der Waals surface area contributed by atoms with E-state index in [2.05, 4.69) is 160 Å². The topological polar surface area (TPSA) is 72.2 Å². The van der Waals surface area contributed by atoms with Crippen molar-refractivity contribution in [3.05, 3.63) is 25.7 Å². The molecule has 0 aromatic carbocycles. The molecule has 6 N–H and O–H groups in total. The first-order valence-corrected chi connectivity index (χ1v) is 40.6. The monoisotopic (exact) mass is 1980 g/mol. The molecule has 0 aliphatic heterocycles. The molecule has 4 fully saturated rings. The Kier molecular flexibility index (Phi) is 242. The Morgan fingerprint density at radius 2 is 0.330 bits per heavy atom. The summed E-state index contributed by atoms with van der Waals surface area (Å²) in [5.41, 5.74) is 0. The van der Waals surface area contributed by atoms with E-state index >= 15 is 0 Å². The summed E-state index contributed by atoms with van der Waals surface area (Å²) >= 11 is 24.4. The van der Waals surface area contributed by atoms with Crippen LogP contribution < -0.4 is 181 Å². The third-order valence-corrected chi connectivity index (χ3v) is 21.4. The van der Waals surface area contributed by atoms with E-state index in [9.17, 15) is 0 Å². The number of halogens is 12. The zero-order valence-corrected chi connectivity index (χ0v) is 77.6. The van der Waals surface area contributed by atoms with E-state index in [1.54, 1.807) is 0 Å². The van der Waals surface area contributed by atoms with Gasteiger partial charge < -0.3 is 206 Å². The molecule has 0 saturated heterocycles. The van der Waals surface area contributed by atoms with E-state index in [1.165, 1.54) is 219 Å². The number of rotatable bonds is 48. The average Bonchev–Trinajstić information content (AvgIpc) is 4.13. The summed E-state index contributed by atoms with van der Waals surface area (Å²) in [6.45, 7) is 31.8. The van der Waals surface area contributed by atoms with Gasteiger partial charge in [-0.1, -0.05) is 55.4 Å². The van der Waals surface area contributed by atoms with E-state index in [0.29, 0.717) is 0 Å². The van der Waals surface area contributed by atoms with Crippen molar-refractivity contribution in [1.82, 2.24) is 31.9 Å². The third-order valence-electron chi connectivity index (χ3n) is 9.17. The molecule has 4 atom stereocenters. The Hall–Kier alpha value is 10.5. The van der Waals surface area contributed by atoms with Crippen LogP contribution in [0.15, 0.2) is 0 Å². The molecule has 4 rings (SSSR count). The Balaban J connectivity index is -0.0000000337. The molecule has 6 nitrogen and oxygen atoms in total. The van der Waals surface area contributed by atoms with Crippen LogP contribution in [0, 0.1) is 25.7 Å². The fourth-order valence-electron chi connectivity index (χ4n) is 4.96. The van der Waals surface area contributed by atoms with Crippen LogP contribution in [0.2, 0.25) is 0 Å². The summed E-state index contributed by atoms with van der Waals surface area (Å²) < 4.78 is 0. The first-order valence-electron chi connectivity index (χ1n) is 27.2. The largest absolute Gasteiger partial charge is 3.00 e. The number of hydrogen-bond acceptors (Lipinski definition) is 18. The van der Waals surface area contributed by atoms with Crippen LogP contribution in [0.4, 0.5) is 0 Å². The van der Waals surface area contributed by atoms with Crippen LogP contribution in [-0.4, -0.2) is 215 Å². The molecule has 0 spiro atoms. The molecule has 88 heavy (non-hydrogen) atoms. The summed E-state index contributed by atoms with van der Waals surface area (Å²) in [4.78, 5) is 0. The molecule has 0 aromatic rings. The van der Waals surface area contributed by atoms with E-state index in [0.717, 1.165) is 21.0 Å². The second kappa shape index (κ2) is 140. The van der Waals surface area contributed by atoms with Gasteiger partial charge in [0.25, 0.3) is 0 Å². The van der Waals surface area contributed by atoms with E-state index in [1.807, 2.05) is 94.1 Å². The first-order chi connectivity index (χ1) is 34.6. The Bertz CT molecular complexity index is 859. The van der Waals surface area contributed by atoms with E-state index < -0.39 is 0 Å². The normalized spacial score (nSPS) is 14.2. The maximum Gasteiger partial charge on any atom is 3.00 e. The molecular formula is C52H110Cl12Co6N6S12. The van der Waals surface area contributed by atoms with Crippen molar-refractivity contribution in [2.75, 3.05) is 194 Å². The molecular weight excluding hydrogens is 1870 g/mol. The van der Waals surface area contributed by atoms with Crippen molar-refractivity contribution in [3.8, 4) is 0 Å². The van der Waals surface area contributed by atoms with E-state index in [4.69, 9.17) is 0 Å². The van der Waals surface area contributed by atoms with Crippen molar-refractivity contribution in [1.29, 1.82) is 0 Å². The second-order valence-corrected chi connectivity index (χ2v) is 32.1. The molecule has 0 heterocycles. The van der Waals surface area contributed by atoms with Gasteiger partial charge in [-0.25, -0.2) is 0 Å². The molecule has 4 saturated carbocycles. The minimum Gasteiger partial charge on any atom is -1.00 e. The van der Waals surface area contributed by atoms with Gasteiger partial charge in [0.05, 0.1) is 0 Å². The second-order valence-electron chi connectivity index (χ2n) is 15.6. The van der Waals surface area contributed by atoms with Crippen molar-refractivity contribution in [3.63, 3.8) is 0 Å². The minimum atomic E-state index is 0.